The second-order valence-corrected chi connectivity index (χ2v) is 6.37. The number of para-hydroxylation sites is 1. The van der Waals surface area contributed by atoms with Gasteiger partial charge < -0.3 is 0 Å². The zero-order valence-electron chi connectivity index (χ0n) is 12.9. The Morgan fingerprint density at radius 2 is 1.96 bits per heavy atom. The normalized spacial score (nSPS) is 11.4. The number of hydrogen-bond donors (Lipinski definition) is 0. The van der Waals surface area contributed by atoms with Crippen LogP contribution in [-0.4, -0.2) is 24.6 Å². The first-order valence-electron chi connectivity index (χ1n) is 7.37. The first-order valence-corrected chi connectivity index (χ1v) is 8.36. The molecule has 0 atom stereocenters. The fourth-order valence-electron chi connectivity index (χ4n) is 2.64. The molecule has 114 valence electrons. The summed E-state index contributed by atoms with van der Waals surface area (Å²) in [5, 5.41) is 6.42. The summed E-state index contributed by atoms with van der Waals surface area (Å²) in [6.07, 6.45) is 1.83. The maximum atomic E-state index is 4.53. The molecule has 3 heterocycles. The van der Waals surface area contributed by atoms with Crippen LogP contribution in [0, 0.1) is 13.8 Å². The molecular weight excluding hydrogens is 306 g/mol. The number of pyridine rings is 1. The van der Waals surface area contributed by atoms with Crippen LogP contribution < -0.4 is 0 Å². The van der Waals surface area contributed by atoms with Gasteiger partial charge in [-0.1, -0.05) is 36.0 Å². The van der Waals surface area contributed by atoms with Crippen molar-refractivity contribution in [2.24, 2.45) is 0 Å². The van der Waals surface area contributed by atoms with Crippen molar-refractivity contribution in [1.82, 2.24) is 24.6 Å². The quantitative estimate of drug-likeness (QED) is 0.540. The minimum Gasteiger partial charge on any atom is -0.256 e. The summed E-state index contributed by atoms with van der Waals surface area (Å²) in [7, 11) is 0. The third-order valence-corrected chi connectivity index (χ3v) is 4.56. The largest absolute Gasteiger partial charge is 0.256 e. The fourth-order valence-corrected chi connectivity index (χ4v) is 3.44. The number of rotatable bonds is 3. The number of nitrogens with zero attached hydrogens (tertiary/aromatic N) is 5. The van der Waals surface area contributed by atoms with Gasteiger partial charge in [0, 0.05) is 28.7 Å². The second kappa shape index (κ2) is 5.62. The molecule has 0 aliphatic rings. The lowest BCUT2D eigenvalue weighted by molar-refractivity contribution is 0.843. The molecule has 6 heteroatoms. The van der Waals surface area contributed by atoms with Crippen LogP contribution in [0.2, 0.25) is 0 Å². The van der Waals surface area contributed by atoms with Gasteiger partial charge in [0.25, 0.3) is 5.78 Å². The second-order valence-electron chi connectivity index (χ2n) is 5.43. The summed E-state index contributed by atoms with van der Waals surface area (Å²) < 4.78 is 1.79. The third kappa shape index (κ3) is 2.66. The van der Waals surface area contributed by atoms with Crippen LogP contribution in [0.3, 0.4) is 0 Å². The molecule has 23 heavy (non-hydrogen) atoms. The summed E-state index contributed by atoms with van der Waals surface area (Å²) in [6, 6.07) is 12.3. The van der Waals surface area contributed by atoms with Crippen LogP contribution in [0.15, 0.2) is 47.8 Å². The zero-order valence-corrected chi connectivity index (χ0v) is 13.7. The van der Waals surface area contributed by atoms with E-state index in [1.165, 1.54) is 5.56 Å². The summed E-state index contributed by atoms with van der Waals surface area (Å²) >= 11 is 1.61. The van der Waals surface area contributed by atoms with Crippen molar-refractivity contribution in [3.63, 3.8) is 0 Å². The number of thioether (sulfide) groups is 1. The Hall–Kier alpha value is -2.47. The molecule has 5 nitrogen and oxygen atoms in total. The number of aryl methyl sites for hydroxylation is 2. The van der Waals surface area contributed by atoms with E-state index in [1.807, 2.05) is 32.2 Å². The van der Waals surface area contributed by atoms with Crippen LogP contribution >= 0.6 is 11.8 Å². The van der Waals surface area contributed by atoms with E-state index in [9.17, 15) is 0 Å². The molecule has 1 aromatic carbocycles. The van der Waals surface area contributed by atoms with Crippen molar-refractivity contribution < 1.29 is 0 Å². The molecular formula is C17H15N5S. The van der Waals surface area contributed by atoms with Gasteiger partial charge in [-0.15, -0.1) is 5.10 Å². The van der Waals surface area contributed by atoms with Gasteiger partial charge in [-0.3, -0.25) is 4.98 Å². The molecule has 4 aromatic rings. The summed E-state index contributed by atoms with van der Waals surface area (Å²) in [4.78, 5) is 13.4. The van der Waals surface area contributed by atoms with Crippen LogP contribution in [0.4, 0.5) is 0 Å². The Kier molecular flexibility index (Phi) is 3.46. The van der Waals surface area contributed by atoms with Crippen LogP contribution in [0.1, 0.15) is 17.0 Å². The maximum Gasteiger partial charge on any atom is 0.253 e. The Morgan fingerprint density at radius 1 is 1.09 bits per heavy atom. The minimum absolute atomic E-state index is 0.654. The predicted octanol–water partition coefficient (Wildman–Crippen LogP) is 3.58. The Balaban J connectivity index is 1.65. The highest BCUT2D eigenvalue weighted by Crippen LogP contribution is 2.24. The smallest absolute Gasteiger partial charge is 0.253 e. The van der Waals surface area contributed by atoms with Crippen molar-refractivity contribution in [3.05, 3.63) is 59.5 Å². The van der Waals surface area contributed by atoms with Gasteiger partial charge in [0.1, 0.15) is 0 Å². The SMILES string of the molecule is Cc1cc(C)n2nc(SCc3cccc4cccnc34)nc2n1. The fraction of sp³-hybridized carbons (Fsp3) is 0.176. The predicted molar refractivity (Wildman–Crippen MR) is 91.6 cm³/mol. The molecule has 0 aliphatic carbocycles. The van der Waals surface area contributed by atoms with Gasteiger partial charge >= 0.3 is 0 Å². The molecule has 0 unspecified atom stereocenters. The lowest BCUT2D eigenvalue weighted by atomic mass is 10.1. The third-order valence-electron chi connectivity index (χ3n) is 3.67. The summed E-state index contributed by atoms with van der Waals surface area (Å²) in [5.74, 6) is 1.43. The van der Waals surface area contributed by atoms with Crippen molar-refractivity contribution in [2.45, 2.75) is 24.8 Å². The number of aromatic nitrogens is 5. The van der Waals surface area contributed by atoms with E-state index in [0.717, 1.165) is 33.2 Å². The number of hydrogen-bond acceptors (Lipinski definition) is 5. The van der Waals surface area contributed by atoms with Crippen molar-refractivity contribution in [3.8, 4) is 0 Å². The highest BCUT2D eigenvalue weighted by Gasteiger charge is 2.09. The van der Waals surface area contributed by atoms with Crippen LogP contribution in [0.25, 0.3) is 16.7 Å². The van der Waals surface area contributed by atoms with Crippen molar-refractivity contribution >= 4 is 28.4 Å². The van der Waals surface area contributed by atoms with E-state index in [2.05, 4.69) is 44.3 Å². The lowest BCUT2D eigenvalue weighted by Crippen LogP contribution is -1.97. The van der Waals surface area contributed by atoms with E-state index >= 15 is 0 Å². The van der Waals surface area contributed by atoms with Gasteiger partial charge in [0.2, 0.25) is 5.16 Å². The average molecular weight is 321 g/mol. The molecule has 0 saturated carbocycles. The lowest BCUT2D eigenvalue weighted by Gasteiger charge is -2.03. The zero-order chi connectivity index (χ0) is 15.8. The Labute approximate surface area is 137 Å². The van der Waals surface area contributed by atoms with Gasteiger partial charge in [-0.25, -0.2) is 9.50 Å². The number of benzene rings is 1. The first kappa shape index (κ1) is 14.1. The van der Waals surface area contributed by atoms with Gasteiger partial charge in [0.05, 0.1) is 5.52 Å². The van der Waals surface area contributed by atoms with Crippen molar-refractivity contribution in [1.29, 1.82) is 0 Å². The first-order chi connectivity index (χ1) is 11.2. The highest BCUT2D eigenvalue weighted by atomic mass is 32.2. The van der Waals surface area contributed by atoms with Gasteiger partial charge in [-0.2, -0.15) is 4.98 Å². The average Bonchev–Trinajstić information content (AvgIpc) is 2.96. The molecule has 0 aliphatic heterocycles. The topological polar surface area (TPSA) is 56.0 Å². The van der Waals surface area contributed by atoms with Crippen molar-refractivity contribution in [2.75, 3.05) is 0 Å². The molecule has 0 spiro atoms. The standard InChI is InChI=1S/C17H15N5S/c1-11-9-12(2)22-16(19-11)20-17(21-22)23-10-14-6-3-5-13-7-4-8-18-15(13)14/h3-9H,10H2,1-2H3. The monoisotopic (exact) mass is 321 g/mol. The van der Waals surface area contributed by atoms with E-state index in [4.69, 9.17) is 0 Å². The minimum atomic E-state index is 0.654. The van der Waals surface area contributed by atoms with E-state index in [0.29, 0.717) is 5.78 Å². The Bertz CT molecular complexity index is 1000. The van der Waals surface area contributed by atoms with Crippen LogP contribution in [0.5, 0.6) is 0 Å². The summed E-state index contributed by atoms with van der Waals surface area (Å²) in [6.45, 7) is 3.98. The van der Waals surface area contributed by atoms with Crippen LogP contribution in [-0.2, 0) is 5.75 Å². The molecule has 0 N–H and O–H groups in total. The van der Waals surface area contributed by atoms with E-state index in [-0.39, 0.29) is 0 Å². The molecule has 0 bridgehead atoms. The van der Waals surface area contributed by atoms with E-state index < -0.39 is 0 Å². The molecule has 3 aromatic heterocycles. The molecule has 0 amide bonds. The number of fused-ring (bicyclic) bond motifs is 2. The highest BCUT2D eigenvalue weighted by molar-refractivity contribution is 7.98. The van der Waals surface area contributed by atoms with E-state index in [1.54, 1.807) is 16.3 Å². The van der Waals surface area contributed by atoms with Gasteiger partial charge in [0.15, 0.2) is 0 Å². The summed E-state index contributed by atoms with van der Waals surface area (Å²) in [5.41, 5.74) is 4.22. The Morgan fingerprint density at radius 3 is 2.87 bits per heavy atom. The van der Waals surface area contributed by atoms with Gasteiger partial charge in [-0.05, 0) is 31.5 Å². The molecule has 0 fully saturated rings. The molecule has 0 radical (unpaired) electrons. The maximum absolute atomic E-state index is 4.53. The molecule has 4 rings (SSSR count). The molecule has 0 saturated heterocycles.